The van der Waals surface area contributed by atoms with Crippen LogP contribution in [0.1, 0.15) is 6.99 Å². The number of pyridine rings is 1. The van der Waals surface area contributed by atoms with Crippen LogP contribution in [0.15, 0.2) is 22.8 Å². The van der Waals surface area contributed by atoms with Gasteiger partial charge in [-0.3, -0.25) is 20.6 Å². The SMILES string of the molecule is O=C(Cc1c(F)cc2ncc(Br)cc2c1F)NNC(=S)S.[H-].[K+]. The number of amides is 1. The summed E-state index contributed by atoms with van der Waals surface area (Å²) in [4.78, 5) is 15.5. The van der Waals surface area contributed by atoms with Gasteiger partial charge in [-0.2, -0.15) is 0 Å². The van der Waals surface area contributed by atoms with Crippen LogP contribution in [0.2, 0.25) is 0 Å². The number of carbonyl (C=O) groups is 1. The third-order valence-electron chi connectivity index (χ3n) is 2.58. The van der Waals surface area contributed by atoms with Crippen LogP contribution >= 0.6 is 40.8 Å². The number of halogens is 3. The zero-order valence-electron chi connectivity index (χ0n) is 12.3. The van der Waals surface area contributed by atoms with Crippen LogP contribution in [0.5, 0.6) is 0 Å². The van der Waals surface area contributed by atoms with E-state index in [1.807, 2.05) is 0 Å². The second kappa shape index (κ2) is 8.97. The number of hydrazine groups is 1. The van der Waals surface area contributed by atoms with E-state index in [2.05, 4.69) is 56.6 Å². The molecular formula is C12H9BrF2KN3OS2. The molecule has 112 valence electrons. The summed E-state index contributed by atoms with van der Waals surface area (Å²) in [6.45, 7) is 0. The fourth-order valence-corrected chi connectivity index (χ4v) is 2.14. The number of carbonyl (C=O) groups excluding carboxylic acids is 1. The molecule has 0 aliphatic rings. The molecule has 1 aromatic carbocycles. The maximum atomic E-state index is 14.3. The maximum absolute atomic E-state index is 14.3. The van der Waals surface area contributed by atoms with E-state index in [4.69, 9.17) is 0 Å². The van der Waals surface area contributed by atoms with Crippen molar-refractivity contribution in [2.24, 2.45) is 0 Å². The molecule has 10 heteroatoms. The van der Waals surface area contributed by atoms with E-state index in [1.165, 1.54) is 12.3 Å². The fourth-order valence-electron chi connectivity index (χ4n) is 1.71. The van der Waals surface area contributed by atoms with Crippen molar-refractivity contribution in [1.29, 1.82) is 0 Å². The number of hydrogen-bond donors (Lipinski definition) is 3. The van der Waals surface area contributed by atoms with Crippen LogP contribution in [0.4, 0.5) is 8.78 Å². The predicted octanol–water partition coefficient (Wildman–Crippen LogP) is -0.230. The van der Waals surface area contributed by atoms with Crippen LogP contribution in [0, 0.1) is 11.6 Å². The average Bonchev–Trinajstić information content (AvgIpc) is 2.42. The molecule has 0 aliphatic heterocycles. The van der Waals surface area contributed by atoms with Gasteiger partial charge in [0.15, 0.2) is 0 Å². The molecule has 2 N–H and O–H groups in total. The van der Waals surface area contributed by atoms with Crippen LogP contribution in [0.25, 0.3) is 10.9 Å². The molecule has 0 spiro atoms. The minimum atomic E-state index is -0.835. The van der Waals surface area contributed by atoms with Crippen LogP contribution in [-0.4, -0.2) is 15.2 Å². The van der Waals surface area contributed by atoms with Crippen LogP contribution in [-0.2, 0) is 11.2 Å². The summed E-state index contributed by atoms with van der Waals surface area (Å²) in [6, 6.07) is 2.56. The van der Waals surface area contributed by atoms with E-state index in [0.29, 0.717) is 4.47 Å². The van der Waals surface area contributed by atoms with Gasteiger partial charge in [0, 0.05) is 27.7 Å². The minimum absolute atomic E-state index is 0. The summed E-state index contributed by atoms with van der Waals surface area (Å²) in [7, 11) is 0. The summed E-state index contributed by atoms with van der Waals surface area (Å²) in [5.74, 6) is -2.30. The van der Waals surface area contributed by atoms with Gasteiger partial charge in [-0.25, -0.2) is 8.78 Å². The Hall–Kier alpha value is 0.316. The van der Waals surface area contributed by atoms with Crippen molar-refractivity contribution in [1.82, 2.24) is 15.8 Å². The molecular weight excluding hydrogens is 423 g/mol. The van der Waals surface area contributed by atoms with E-state index in [0.717, 1.165) is 6.07 Å². The second-order valence-corrected chi connectivity index (χ2v) is 6.10. The summed E-state index contributed by atoms with van der Waals surface area (Å²) in [5, 5.41) is 0.131. The molecule has 0 bridgehead atoms. The largest absolute Gasteiger partial charge is 1.00 e. The zero-order chi connectivity index (χ0) is 15.6. The number of thiol groups is 1. The number of benzene rings is 1. The number of fused-ring (bicyclic) bond motifs is 1. The van der Waals surface area contributed by atoms with Gasteiger partial charge in [0.1, 0.15) is 16.0 Å². The smallest absolute Gasteiger partial charge is 1.00 e. The van der Waals surface area contributed by atoms with Crippen molar-refractivity contribution >= 4 is 61.9 Å². The van der Waals surface area contributed by atoms with E-state index in [9.17, 15) is 13.6 Å². The first-order chi connectivity index (χ1) is 9.88. The topological polar surface area (TPSA) is 54.0 Å². The van der Waals surface area contributed by atoms with E-state index >= 15 is 0 Å². The number of nitrogens with one attached hydrogen (secondary N) is 2. The van der Waals surface area contributed by atoms with E-state index < -0.39 is 24.0 Å². The first-order valence-corrected chi connectivity index (χ1v) is 7.23. The molecule has 2 aromatic rings. The minimum Gasteiger partial charge on any atom is -1.00 e. The summed E-state index contributed by atoms with van der Waals surface area (Å²) < 4.78 is 28.8. The summed E-state index contributed by atoms with van der Waals surface area (Å²) >= 11 is 11.5. The molecule has 2 rings (SSSR count). The van der Waals surface area contributed by atoms with Gasteiger partial charge in [-0.1, -0.05) is 12.2 Å². The Morgan fingerprint density at radius 2 is 2.09 bits per heavy atom. The Morgan fingerprint density at radius 1 is 1.41 bits per heavy atom. The molecule has 4 nitrogen and oxygen atoms in total. The second-order valence-electron chi connectivity index (χ2n) is 4.03. The molecule has 1 heterocycles. The maximum Gasteiger partial charge on any atom is 1.00 e. The molecule has 0 aliphatic carbocycles. The number of aromatic nitrogens is 1. The molecule has 22 heavy (non-hydrogen) atoms. The number of rotatable bonds is 2. The van der Waals surface area contributed by atoms with Gasteiger partial charge in [-0.05, 0) is 22.0 Å². The fraction of sp³-hybridized carbons (Fsp3) is 0.0833. The van der Waals surface area contributed by atoms with Crippen molar-refractivity contribution in [3.05, 3.63) is 40.0 Å². The van der Waals surface area contributed by atoms with Gasteiger partial charge < -0.3 is 1.43 Å². The van der Waals surface area contributed by atoms with E-state index in [1.54, 1.807) is 0 Å². The van der Waals surface area contributed by atoms with Crippen LogP contribution < -0.4 is 62.2 Å². The third kappa shape index (κ3) is 5.16. The van der Waals surface area contributed by atoms with E-state index in [-0.39, 0.29) is 73.6 Å². The predicted molar refractivity (Wildman–Crippen MR) is 87.0 cm³/mol. The van der Waals surface area contributed by atoms with Crippen molar-refractivity contribution in [2.45, 2.75) is 6.42 Å². The Kier molecular flexibility index (Phi) is 8.30. The van der Waals surface area contributed by atoms with Crippen molar-refractivity contribution < 1.29 is 66.4 Å². The third-order valence-corrected chi connectivity index (χ3v) is 3.23. The van der Waals surface area contributed by atoms with Gasteiger partial charge in [-0.15, -0.1) is 12.6 Å². The zero-order valence-corrected chi connectivity index (χ0v) is 17.7. The molecule has 0 fully saturated rings. The van der Waals surface area contributed by atoms with Gasteiger partial charge in [0.05, 0.1) is 11.9 Å². The van der Waals surface area contributed by atoms with Crippen molar-refractivity contribution in [2.75, 3.05) is 0 Å². The van der Waals surface area contributed by atoms with Gasteiger partial charge >= 0.3 is 51.4 Å². The normalized spacial score (nSPS) is 10.0. The monoisotopic (exact) mass is 431 g/mol. The Labute approximate surface area is 188 Å². The van der Waals surface area contributed by atoms with Crippen molar-refractivity contribution in [3.8, 4) is 0 Å². The average molecular weight is 432 g/mol. The Morgan fingerprint density at radius 3 is 2.73 bits per heavy atom. The molecule has 1 aromatic heterocycles. The van der Waals surface area contributed by atoms with Crippen LogP contribution in [0.3, 0.4) is 0 Å². The molecule has 0 radical (unpaired) electrons. The first-order valence-electron chi connectivity index (χ1n) is 5.58. The standard InChI is InChI=1S/C12H8BrF2N3OS2.K.H/c13-5-1-7-9(16-4-5)3-8(14)6(11(7)15)2-10(19)17-18-12(20)21;;/h1,3-4H,2H2,(H,17,19)(H2,18,20,21);;/q;+1;-1. The number of thiocarbonyl (C=S) groups is 1. The molecule has 0 saturated carbocycles. The summed E-state index contributed by atoms with van der Waals surface area (Å²) in [5.41, 5.74) is 4.29. The Bertz CT molecular complexity index is 754. The quantitative estimate of drug-likeness (QED) is 0.266. The van der Waals surface area contributed by atoms with Gasteiger partial charge in [0.2, 0.25) is 5.91 Å². The first kappa shape index (κ1) is 20.4. The molecule has 0 atom stereocenters. The Balaban J connectivity index is 0.00000242. The molecule has 1 amide bonds. The molecule has 0 saturated heterocycles. The number of hydrogen-bond acceptors (Lipinski definition) is 3. The van der Waals surface area contributed by atoms with Crippen molar-refractivity contribution in [3.63, 3.8) is 0 Å². The van der Waals surface area contributed by atoms with Gasteiger partial charge in [0.25, 0.3) is 0 Å². The number of nitrogens with zero attached hydrogens (tertiary/aromatic N) is 1. The summed E-state index contributed by atoms with van der Waals surface area (Å²) in [6.07, 6.45) is 0.953. The molecule has 0 unspecified atom stereocenters.